The maximum absolute atomic E-state index is 13.3. The minimum absolute atomic E-state index is 0.138. The average molecular weight is 483 g/mol. The zero-order chi connectivity index (χ0) is 23.4. The maximum Gasteiger partial charge on any atom is 0.243 e. The fourth-order valence-corrected chi connectivity index (χ4v) is 5.89. The Morgan fingerprint density at radius 2 is 1.70 bits per heavy atom. The zero-order valence-electron chi connectivity index (χ0n) is 18.4. The standard InChI is InChI=1S/C26H27ClN2O3S/c1-19-7-5-10-21(17-19)25(20-8-3-2-4-9-20)28-26(30)22-11-6-16-29(18-22)33(31,32)24-14-12-23(27)13-15-24/h2-5,7-10,12-15,17,22,25H,6,11,16,18H2,1H3,(H,28,30)/t22-,25-/m1/s1. The Morgan fingerprint density at radius 1 is 1.00 bits per heavy atom. The lowest BCUT2D eigenvalue weighted by Gasteiger charge is -2.32. The molecule has 33 heavy (non-hydrogen) atoms. The molecule has 3 aromatic carbocycles. The minimum Gasteiger partial charge on any atom is -0.345 e. The topological polar surface area (TPSA) is 66.5 Å². The number of carbonyl (C=O) groups excluding carboxylic acids is 1. The molecule has 1 N–H and O–H groups in total. The van der Waals surface area contributed by atoms with Gasteiger partial charge in [-0.2, -0.15) is 4.31 Å². The van der Waals surface area contributed by atoms with Crippen LogP contribution in [0.4, 0.5) is 0 Å². The van der Waals surface area contributed by atoms with E-state index in [2.05, 4.69) is 11.4 Å². The van der Waals surface area contributed by atoms with Crippen LogP contribution in [0.15, 0.2) is 83.8 Å². The van der Waals surface area contributed by atoms with E-state index in [0.717, 1.165) is 16.7 Å². The highest BCUT2D eigenvalue weighted by atomic mass is 35.5. The molecule has 0 spiro atoms. The quantitative estimate of drug-likeness (QED) is 0.540. The molecule has 1 heterocycles. The first kappa shape index (κ1) is 23.5. The first-order valence-electron chi connectivity index (χ1n) is 11.0. The van der Waals surface area contributed by atoms with E-state index >= 15 is 0 Å². The van der Waals surface area contributed by atoms with E-state index in [1.165, 1.54) is 16.4 Å². The van der Waals surface area contributed by atoms with Gasteiger partial charge in [0, 0.05) is 18.1 Å². The van der Waals surface area contributed by atoms with E-state index in [9.17, 15) is 13.2 Å². The number of carbonyl (C=O) groups is 1. The predicted octanol–water partition coefficient (Wildman–Crippen LogP) is 4.95. The van der Waals surface area contributed by atoms with Crippen molar-refractivity contribution < 1.29 is 13.2 Å². The summed E-state index contributed by atoms with van der Waals surface area (Å²) in [6.07, 6.45) is 1.28. The second-order valence-corrected chi connectivity index (χ2v) is 10.8. The van der Waals surface area contributed by atoms with Gasteiger partial charge < -0.3 is 5.32 Å². The molecular formula is C26H27ClN2O3S. The summed E-state index contributed by atoms with van der Waals surface area (Å²) in [6, 6.07) is 23.7. The number of piperidine rings is 1. The van der Waals surface area contributed by atoms with Crippen LogP contribution in [-0.2, 0) is 14.8 Å². The van der Waals surface area contributed by atoms with Crippen LogP contribution in [0.1, 0.15) is 35.6 Å². The number of nitrogens with zero attached hydrogens (tertiary/aromatic N) is 1. The lowest BCUT2D eigenvalue weighted by Crippen LogP contribution is -2.46. The number of aryl methyl sites for hydroxylation is 1. The number of amides is 1. The number of sulfonamides is 1. The third-order valence-electron chi connectivity index (χ3n) is 6.00. The highest BCUT2D eigenvalue weighted by Gasteiger charge is 2.34. The van der Waals surface area contributed by atoms with Crippen molar-refractivity contribution in [2.45, 2.75) is 30.7 Å². The molecule has 4 rings (SSSR count). The Hall–Kier alpha value is -2.67. The van der Waals surface area contributed by atoms with Crippen molar-refractivity contribution in [3.63, 3.8) is 0 Å². The van der Waals surface area contributed by atoms with Crippen LogP contribution in [0.25, 0.3) is 0 Å². The monoisotopic (exact) mass is 482 g/mol. The van der Waals surface area contributed by atoms with Gasteiger partial charge in [0.2, 0.25) is 15.9 Å². The van der Waals surface area contributed by atoms with Crippen molar-refractivity contribution in [1.29, 1.82) is 0 Å². The molecule has 1 aliphatic heterocycles. The van der Waals surface area contributed by atoms with Gasteiger partial charge in [-0.1, -0.05) is 71.8 Å². The molecule has 1 amide bonds. The summed E-state index contributed by atoms with van der Waals surface area (Å²) in [6.45, 7) is 2.58. The van der Waals surface area contributed by atoms with E-state index in [-0.39, 0.29) is 23.4 Å². The highest BCUT2D eigenvalue weighted by molar-refractivity contribution is 7.89. The Bertz CT molecular complexity index is 1210. The molecule has 0 aliphatic carbocycles. The molecule has 3 aromatic rings. The van der Waals surface area contributed by atoms with Gasteiger partial charge >= 0.3 is 0 Å². The minimum atomic E-state index is -3.69. The Balaban J connectivity index is 1.54. The van der Waals surface area contributed by atoms with E-state index in [4.69, 9.17) is 11.6 Å². The van der Waals surface area contributed by atoms with Crippen molar-refractivity contribution in [3.05, 3.63) is 101 Å². The third kappa shape index (κ3) is 5.46. The largest absolute Gasteiger partial charge is 0.345 e. The number of hydrogen-bond donors (Lipinski definition) is 1. The molecular weight excluding hydrogens is 456 g/mol. The van der Waals surface area contributed by atoms with Crippen molar-refractivity contribution in [3.8, 4) is 0 Å². The van der Waals surface area contributed by atoms with Crippen LogP contribution in [-0.4, -0.2) is 31.7 Å². The Morgan fingerprint density at radius 3 is 2.39 bits per heavy atom. The number of hydrogen-bond acceptors (Lipinski definition) is 3. The molecule has 0 aromatic heterocycles. The average Bonchev–Trinajstić information content (AvgIpc) is 2.83. The fourth-order valence-electron chi connectivity index (χ4n) is 4.24. The van der Waals surface area contributed by atoms with Crippen LogP contribution >= 0.6 is 11.6 Å². The number of rotatable bonds is 6. The van der Waals surface area contributed by atoms with Crippen LogP contribution < -0.4 is 5.32 Å². The summed E-state index contributed by atoms with van der Waals surface area (Å²) >= 11 is 5.91. The van der Waals surface area contributed by atoms with Gasteiger partial charge in [0.15, 0.2) is 0 Å². The maximum atomic E-state index is 13.3. The van der Waals surface area contributed by atoms with Crippen LogP contribution in [0.3, 0.4) is 0 Å². The lowest BCUT2D eigenvalue weighted by atomic mass is 9.94. The van der Waals surface area contributed by atoms with Gasteiger partial charge in [0.1, 0.15) is 0 Å². The molecule has 0 radical (unpaired) electrons. The van der Waals surface area contributed by atoms with E-state index in [1.54, 1.807) is 12.1 Å². The summed E-state index contributed by atoms with van der Waals surface area (Å²) in [5.74, 6) is -0.557. The van der Waals surface area contributed by atoms with Gasteiger partial charge in [-0.3, -0.25) is 4.79 Å². The summed E-state index contributed by atoms with van der Waals surface area (Å²) in [5, 5.41) is 3.67. The summed E-state index contributed by atoms with van der Waals surface area (Å²) in [7, 11) is -3.69. The van der Waals surface area contributed by atoms with Gasteiger partial charge in [-0.25, -0.2) is 8.42 Å². The van der Waals surface area contributed by atoms with Crippen molar-refractivity contribution in [2.24, 2.45) is 5.92 Å². The SMILES string of the molecule is Cc1cccc([C@H](NC(=O)[C@@H]2CCCN(S(=O)(=O)c3ccc(Cl)cc3)C2)c2ccccc2)c1. The summed E-state index contributed by atoms with van der Waals surface area (Å²) in [4.78, 5) is 13.5. The van der Waals surface area contributed by atoms with Crippen molar-refractivity contribution in [2.75, 3.05) is 13.1 Å². The zero-order valence-corrected chi connectivity index (χ0v) is 20.0. The lowest BCUT2D eigenvalue weighted by molar-refractivity contribution is -0.126. The number of halogens is 1. The molecule has 0 saturated carbocycles. The molecule has 5 nitrogen and oxygen atoms in total. The molecule has 2 atom stereocenters. The number of benzene rings is 3. The first-order chi connectivity index (χ1) is 15.8. The molecule has 0 unspecified atom stereocenters. The highest BCUT2D eigenvalue weighted by Crippen LogP contribution is 2.27. The Labute approximate surface area is 200 Å². The second kappa shape index (κ2) is 10.1. The third-order valence-corrected chi connectivity index (χ3v) is 8.13. The van der Waals surface area contributed by atoms with E-state index in [1.807, 2.05) is 55.5 Å². The normalized spacial score (nSPS) is 17.9. The fraction of sp³-hybridized carbons (Fsp3) is 0.269. The van der Waals surface area contributed by atoms with Crippen LogP contribution in [0.5, 0.6) is 0 Å². The van der Waals surface area contributed by atoms with E-state index < -0.39 is 15.9 Å². The van der Waals surface area contributed by atoms with Crippen molar-refractivity contribution in [1.82, 2.24) is 9.62 Å². The first-order valence-corrected chi connectivity index (χ1v) is 12.8. The van der Waals surface area contributed by atoms with Crippen LogP contribution in [0.2, 0.25) is 5.02 Å². The van der Waals surface area contributed by atoms with Gasteiger partial charge in [-0.05, 0) is 55.2 Å². The molecule has 7 heteroatoms. The molecule has 0 bridgehead atoms. The molecule has 1 saturated heterocycles. The molecule has 172 valence electrons. The van der Waals surface area contributed by atoms with E-state index in [0.29, 0.717) is 24.4 Å². The summed E-state index contributed by atoms with van der Waals surface area (Å²) < 4.78 is 27.7. The summed E-state index contributed by atoms with van der Waals surface area (Å²) in [5.41, 5.74) is 3.09. The predicted molar refractivity (Wildman–Crippen MR) is 131 cm³/mol. The van der Waals surface area contributed by atoms with Gasteiger partial charge in [0.25, 0.3) is 0 Å². The van der Waals surface area contributed by atoms with Gasteiger partial charge in [-0.15, -0.1) is 0 Å². The van der Waals surface area contributed by atoms with Crippen molar-refractivity contribution >= 4 is 27.5 Å². The smallest absolute Gasteiger partial charge is 0.243 e. The second-order valence-electron chi connectivity index (χ2n) is 8.42. The molecule has 1 aliphatic rings. The Kier molecular flexibility index (Phi) is 7.17. The van der Waals surface area contributed by atoms with Crippen LogP contribution in [0, 0.1) is 12.8 Å². The number of nitrogens with one attached hydrogen (secondary N) is 1. The van der Waals surface area contributed by atoms with Gasteiger partial charge in [0.05, 0.1) is 16.9 Å². The molecule has 1 fully saturated rings.